The smallest absolute Gasteiger partial charge is 0.258 e. The molecular formula is C13H14ClN3O. The predicted molar refractivity (Wildman–Crippen MR) is 71.3 cm³/mol. The normalized spacial score (nSPS) is 20.2. The summed E-state index contributed by atoms with van der Waals surface area (Å²) in [5, 5.41) is 3.88. The summed E-state index contributed by atoms with van der Waals surface area (Å²) in [6.45, 7) is 1.95. The molecule has 3 heterocycles. The van der Waals surface area contributed by atoms with E-state index in [-0.39, 0.29) is 5.56 Å². The van der Waals surface area contributed by atoms with E-state index in [1.165, 1.54) is 4.40 Å². The third-order valence-corrected chi connectivity index (χ3v) is 3.58. The molecule has 0 saturated carbocycles. The quantitative estimate of drug-likeness (QED) is 0.854. The predicted octanol–water partition coefficient (Wildman–Crippen LogP) is 1.81. The van der Waals surface area contributed by atoms with E-state index in [2.05, 4.69) is 10.3 Å². The van der Waals surface area contributed by atoms with Gasteiger partial charge in [0.2, 0.25) is 0 Å². The van der Waals surface area contributed by atoms with Crippen molar-refractivity contribution in [3.63, 3.8) is 0 Å². The zero-order valence-electron chi connectivity index (χ0n) is 9.90. The molecule has 0 bridgehead atoms. The van der Waals surface area contributed by atoms with Crippen LogP contribution in [0.1, 0.15) is 24.5 Å². The summed E-state index contributed by atoms with van der Waals surface area (Å²) in [5.74, 6) is 0.340. The Morgan fingerprint density at radius 2 is 2.33 bits per heavy atom. The first-order chi connectivity index (χ1) is 8.74. The van der Waals surface area contributed by atoms with E-state index in [1.54, 1.807) is 24.4 Å². The lowest BCUT2D eigenvalue weighted by Gasteiger charge is -2.22. The Hall–Kier alpha value is -1.39. The van der Waals surface area contributed by atoms with E-state index in [0.29, 0.717) is 16.6 Å². The van der Waals surface area contributed by atoms with Crippen LogP contribution in [0.5, 0.6) is 0 Å². The second-order valence-corrected chi connectivity index (χ2v) is 5.07. The molecule has 94 valence electrons. The van der Waals surface area contributed by atoms with Crippen LogP contribution in [-0.4, -0.2) is 22.5 Å². The van der Waals surface area contributed by atoms with E-state index in [4.69, 9.17) is 11.6 Å². The highest BCUT2D eigenvalue weighted by molar-refractivity contribution is 6.30. The minimum absolute atomic E-state index is 0.0666. The van der Waals surface area contributed by atoms with Gasteiger partial charge in [-0.3, -0.25) is 9.20 Å². The molecule has 0 radical (unpaired) electrons. The van der Waals surface area contributed by atoms with Crippen molar-refractivity contribution in [2.24, 2.45) is 0 Å². The van der Waals surface area contributed by atoms with Crippen LogP contribution in [0.15, 0.2) is 29.2 Å². The average molecular weight is 264 g/mol. The molecule has 1 fully saturated rings. The van der Waals surface area contributed by atoms with Gasteiger partial charge in [-0.1, -0.05) is 11.6 Å². The van der Waals surface area contributed by atoms with Gasteiger partial charge in [0.05, 0.1) is 10.7 Å². The van der Waals surface area contributed by atoms with Gasteiger partial charge < -0.3 is 5.32 Å². The topological polar surface area (TPSA) is 46.4 Å². The third-order valence-electron chi connectivity index (χ3n) is 3.36. The zero-order valence-corrected chi connectivity index (χ0v) is 10.7. The fourth-order valence-electron chi connectivity index (χ4n) is 2.41. The number of nitrogens with one attached hydrogen (secondary N) is 1. The third kappa shape index (κ3) is 2.13. The van der Waals surface area contributed by atoms with E-state index >= 15 is 0 Å². The van der Waals surface area contributed by atoms with Gasteiger partial charge in [0.1, 0.15) is 5.65 Å². The minimum Gasteiger partial charge on any atom is -0.316 e. The van der Waals surface area contributed by atoms with Crippen molar-refractivity contribution in [1.82, 2.24) is 14.7 Å². The van der Waals surface area contributed by atoms with Crippen LogP contribution in [0.3, 0.4) is 0 Å². The molecule has 2 aromatic rings. The van der Waals surface area contributed by atoms with Crippen LogP contribution in [0.4, 0.5) is 0 Å². The highest BCUT2D eigenvalue weighted by atomic mass is 35.5. The summed E-state index contributed by atoms with van der Waals surface area (Å²) >= 11 is 5.88. The lowest BCUT2D eigenvalue weighted by molar-refractivity contribution is 0.454. The van der Waals surface area contributed by atoms with Crippen molar-refractivity contribution < 1.29 is 0 Å². The van der Waals surface area contributed by atoms with Crippen LogP contribution >= 0.6 is 11.6 Å². The van der Waals surface area contributed by atoms with Gasteiger partial charge in [0, 0.05) is 24.7 Å². The Bertz CT molecular complexity index is 632. The van der Waals surface area contributed by atoms with Gasteiger partial charge in [-0.25, -0.2) is 4.98 Å². The van der Waals surface area contributed by atoms with Crippen molar-refractivity contribution in [3.8, 4) is 0 Å². The zero-order chi connectivity index (χ0) is 12.5. The van der Waals surface area contributed by atoms with E-state index in [1.807, 2.05) is 0 Å². The van der Waals surface area contributed by atoms with Crippen LogP contribution in [0.2, 0.25) is 5.02 Å². The first-order valence-corrected chi connectivity index (χ1v) is 6.51. The lowest BCUT2D eigenvalue weighted by atomic mass is 9.96. The molecule has 1 unspecified atom stereocenters. The number of hydrogen-bond donors (Lipinski definition) is 1. The maximum atomic E-state index is 12.0. The average Bonchev–Trinajstić information content (AvgIpc) is 2.40. The largest absolute Gasteiger partial charge is 0.316 e. The summed E-state index contributed by atoms with van der Waals surface area (Å²) in [6.07, 6.45) is 3.82. The van der Waals surface area contributed by atoms with Gasteiger partial charge in [0.25, 0.3) is 5.56 Å². The fraction of sp³-hybridized carbons (Fsp3) is 0.385. The molecule has 1 saturated heterocycles. The standard InChI is InChI=1S/C13H14ClN3O/c14-10-3-4-12-16-11(6-13(18)17(12)8-10)9-2-1-5-15-7-9/h3-4,6,8-9,15H,1-2,5,7H2. The van der Waals surface area contributed by atoms with Gasteiger partial charge in [-0.2, -0.15) is 0 Å². The number of rotatable bonds is 1. The Balaban J connectivity index is 2.09. The second-order valence-electron chi connectivity index (χ2n) is 4.64. The molecule has 4 nitrogen and oxygen atoms in total. The van der Waals surface area contributed by atoms with Crippen LogP contribution in [0.25, 0.3) is 5.65 Å². The summed E-state index contributed by atoms with van der Waals surface area (Å²) in [5.41, 5.74) is 1.48. The van der Waals surface area contributed by atoms with E-state index in [9.17, 15) is 4.79 Å². The highest BCUT2D eigenvalue weighted by Crippen LogP contribution is 2.21. The summed E-state index contributed by atoms with van der Waals surface area (Å²) < 4.78 is 1.49. The molecule has 0 amide bonds. The number of nitrogens with zero attached hydrogens (tertiary/aromatic N) is 2. The minimum atomic E-state index is -0.0666. The van der Waals surface area contributed by atoms with Crippen LogP contribution < -0.4 is 10.9 Å². The molecule has 2 aromatic heterocycles. The molecule has 1 atom stereocenters. The van der Waals surface area contributed by atoms with Gasteiger partial charge in [-0.15, -0.1) is 0 Å². The molecule has 1 aliphatic rings. The van der Waals surface area contributed by atoms with E-state index in [0.717, 1.165) is 31.6 Å². The van der Waals surface area contributed by atoms with Crippen molar-refractivity contribution in [1.29, 1.82) is 0 Å². The molecule has 3 rings (SSSR count). The maximum absolute atomic E-state index is 12.0. The fourth-order valence-corrected chi connectivity index (χ4v) is 2.57. The molecule has 0 spiro atoms. The number of fused-ring (bicyclic) bond motifs is 1. The Morgan fingerprint density at radius 1 is 1.44 bits per heavy atom. The van der Waals surface area contributed by atoms with Gasteiger partial charge in [0.15, 0.2) is 0 Å². The number of hydrogen-bond acceptors (Lipinski definition) is 3. The summed E-state index contributed by atoms with van der Waals surface area (Å²) in [4.78, 5) is 16.6. The summed E-state index contributed by atoms with van der Waals surface area (Å²) in [6, 6.07) is 5.16. The van der Waals surface area contributed by atoms with E-state index < -0.39 is 0 Å². The molecular weight excluding hydrogens is 250 g/mol. The van der Waals surface area contributed by atoms with Gasteiger partial charge >= 0.3 is 0 Å². The van der Waals surface area contributed by atoms with Crippen molar-refractivity contribution in [2.75, 3.05) is 13.1 Å². The van der Waals surface area contributed by atoms with Crippen LogP contribution in [0, 0.1) is 0 Å². The number of aromatic nitrogens is 2. The maximum Gasteiger partial charge on any atom is 0.258 e. The first-order valence-electron chi connectivity index (χ1n) is 6.13. The van der Waals surface area contributed by atoms with Crippen LogP contribution in [-0.2, 0) is 0 Å². The molecule has 0 aromatic carbocycles. The van der Waals surface area contributed by atoms with Crippen molar-refractivity contribution in [3.05, 3.63) is 45.5 Å². The molecule has 5 heteroatoms. The Kier molecular flexibility index (Phi) is 3.06. The van der Waals surface area contributed by atoms with Crippen molar-refractivity contribution in [2.45, 2.75) is 18.8 Å². The number of pyridine rings is 1. The number of piperidine rings is 1. The second kappa shape index (κ2) is 4.71. The first kappa shape index (κ1) is 11.7. The molecule has 1 aliphatic heterocycles. The molecule has 18 heavy (non-hydrogen) atoms. The number of halogens is 1. The van der Waals surface area contributed by atoms with Crippen molar-refractivity contribution >= 4 is 17.2 Å². The summed E-state index contributed by atoms with van der Waals surface area (Å²) in [7, 11) is 0. The monoisotopic (exact) mass is 263 g/mol. The lowest BCUT2D eigenvalue weighted by Crippen LogP contribution is -2.30. The van der Waals surface area contributed by atoms with Gasteiger partial charge in [-0.05, 0) is 31.5 Å². The Morgan fingerprint density at radius 3 is 3.11 bits per heavy atom. The molecule has 1 N–H and O–H groups in total. The highest BCUT2D eigenvalue weighted by Gasteiger charge is 2.17. The molecule has 0 aliphatic carbocycles. The SMILES string of the molecule is O=c1cc(C2CCCNC2)nc2ccc(Cl)cn12. The Labute approximate surface area is 110 Å².